The molecule has 2 heterocycles. The van der Waals surface area contributed by atoms with Gasteiger partial charge in [0.15, 0.2) is 5.13 Å². The van der Waals surface area contributed by atoms with Crippen LogP contribution < -0.4 is 4.90 Å². The van der Waals surface area contributed by atoms with Crippen LogP contribution in [0.25, 0.3) is 10.2 Å². The molecule has 0 N–H and O–H groups in total. The highest BCUT2D eigenvalue weighted by atomic mass is 35.5. The van der Waals surface area contributed by atoms with Crippen LogP contribution in [0.4, 0.5) is 5.13 Å². The molecule has 0 aliphatic rings. The Hall–Kier alpha value is -1.47. The van der Waals surface area contributed by atoms with Gasteiger partial charge in [-0.2, -0.15) is 0 Å². The summed E-state index contributed by atoms with van der Waals surface area (Å²) in [6, 6.07) is 7.98. The summed E-state index contributed by atoms with van der Waals surface area (Å²) in [4.78, 5) is 22.9. The number of carbonyl (C=O) groups excluding carboxylic acids is 1. The van der Waals surface area contributed by atoms with Gasteiger partial charge >= 0.3 is 0 Å². The zero-order valence-corrected chi connectivity index (χ0v) is 18.5. The molecule has 4 nitrogen and oxygen atoms in total. The van der Waals surface area contributed by atoms with Gasteiger partial charge in [-0.1, -0.05) is 29.0 Å². The quantitative estimate of drug-likeness (QED) is 0.529. The zero-order chi connectivity index (χ0) is 19.6. The second kappa shape index (κ2) is 8.69. The van der Waals surface area contributed by atoms with E-state index in [2.05, 4.69) is 30.9 Å². The van der Waals surface area contributed by atoms with Crippen LogP contribution in [-0.4, -0.2) is 43.0 Å². The predicted molar refractivity (Wildman–Crippen MR) is 118 cm³/mol. The van der Waals surface area contributed by atoms with Gasteiger partial charge in [0.05, 0.1) is 21.0 Å². The Labute approximate surface area is 173 Å². The molecule has 0 saturated carbocycles. The molecule has 0 spiro atoms. The van der Waals surface area contributed by atoms with Gasteiger partial charge in [-0.15, -0.1) is 11.3 Å². The molecule has 0 saturated heterocycles. The molecule has 3 rings (SSSR count). The highest BCUT2D eigenvalue weighted by Crippen LogP contribution is 2.32. The van der Waals surface area contributed by atoms with E-state index in [1.54, 1.807) is 11.3 Å². The summed E-state index contributed by atoms with van der Waals surface area (Å²) in [5.74, 6) is 0.0701. The normalized spacial score (nSPS) is 11.5. The standard InChI is InChI=1S/C20H24ClN3OS2/c1-13-6-8-16-19(14(13)2)22-20(27-16)24(11-5-10-23(3)4)18(25)12-15-7-9-17(21)26-15/h6-9H,5,10-12H2,1-4H3. The maximum absolute atomic E-state index is 13.1. The number of rotatable bonds is 7. The lowest BCUT2D eigenvalue weighted by Crippen LogP contribution is -2.34. The number of amides is 1. The first-order chi connectivity index (χ1) is 12.8. The van der Waals surface area contributed by atoms with Crippen LogP contribution in [0.2, 0.25) is 4.34 Å². The zero-order valence-electron chi connectivity index (χ0n) is 16.1. The van der Waals surface area contributed by atoms with Crippen LogP contribution in [0.3, 0.4) is 0 Å². The summed E-state index contributed by atoms with van der Waals surface area (Å²) in [6.45, 7) is 5.77. The van der Waals surface area contributed by atoms with E-state index in [0.29, 0.717) is 17.3 Å². The van der Waals surface area contributed by atoms with Crippen molar-refractivity contribution in [1.82, 2.24) is 9.88 Å². The van der Waals surface area contributed by atoms with Crippen molar-refractivity contribution in [1.29, 1.82) is 0 Å². The SMILES string of the molecule is Cc1ccc2sc(N(CCCN(C)C)C(=O)Cc3ccc(Cl)s3)nc2c1C. The van der Waals surface area contributed by atoms with Gasteiger partial charge in [0, 0.05) is 11.4 Å². The highest BCUT2D eigenvalue weighted by Gasteiger charge is 2.21. The predicted octanol–water partition coefficient (Wildman–Crippen LogP) is 5.16. The maximum atomic E-state index is 13.1. The van der Waals surface area contributed by atoms with E-state index in [1.807, 2.05) is 31.1 Å². The Morgan fingerprint density at radius 3 is 2.56 bits per heavy atom. The second-order valence-electron chi connectivity index (χ2n) is 6.94. The molecule has 3 aromatic rings. The molecule has 0 bridgehead atoms. The molecule has 0 unspecified atom stereocenters. The van der Waals surface area contributed by atoms with Gasteiger partial charge in [0.2, 0.25) is 5.91 Å². The molecule has 2 aromatic heterocycles. The molecular formula is C20H24ClN3OS2. The van der Waals surface area contributed by atoms with Crippen LogP contribution >= 0.6 is 34.3 Å². The lowest BCUT2D eigenvalue weighted by Gasteiger charge is -2.20. The van der Waals surface area contributed by atoms with Crippen molar-refractivity contribution in [2.75, 3.05) is 32.1 Å². The summed E-state index contributed by atoms with van der Waals surface area (Å²) in [6.07, 6.45) is 1.26. The third-order valence-corrected chi connectivity index (χ3v) is 6.82. The first-order valence-electron chi connectivity index (χ1n) is 8.91. The van der Waals surface area contributed by atoms with Crippen molar-refractivity contribution in [2.24, 2.45) is 0 Å². The largest absolute Gasteiger partial charge is 0.309 e. The average Bonchev–Trinajstić information content (AvgIpc) is 3.21. The van der Waals surface area contributed by atoms with Gasteiger partial charge < -0.3 is 4.90 Å². The van der Waals surface area contributed by atoms with Crippen molar-refractivity contribution in [3.05, 3.63) is 44.6 Å². The number of hydrogen-bond donors (Lipinski definition) is 0. The molecule has 0 fully saturated rings. The number of nitrogens with zero attached hydrogens (tertiary/aromatic N) is 3. The van der Waals surface area contributed by atoms with Gasteiger partial charge in [0.1, 0.15) is 0 Å². The Morgan fingerprint density at radius 1 is 1.11 bits per heavy atom. The Kier molecular flexibility index (Phi) is 6.52. The van der Waals surface area contributed by atoms with Gasteiger partial charge in [-0.3, -0.25) is 9.69 Å². The van der Waals surface area contributed by atoms with E-state index in [9.17, 15) is 4.79 Å². The van der Waals surface area contributed by atoms with Gasteiger partial charge in [-0.25, -0.2) is 4.98 Å². The number of fused-ring (bicyclic) bond motifs is 1. The number of thiazole rings is 1. The number of thiophene rings is 1. The second-order valence-corrected chi connectivity index (χ2v) is 9.74. The fraction of sp³-hybridized carbons (Fsp3) is 0.400. The minimum atomic E-state index is 0.0701. The number of anilines is 1. The van der Waals surface area contributed by atoms with Crippen LogP contribution in [0.5, 0.6) is 0 Å². The lowest BCUT2D eigenvalue weighted by atomic mass is 10.1. The number of aromatic nitrogens is 1. The van der Waals surface area contributed by atoms with E-state index in [1.165, 1.54) is 22.5 Å². The smallest absolute Gasteiger partial charge is 0.234 e. The number of carbonyl (C=O) groups is 1. The first kappa shape index (κ1) is 20.3. The summed E-state index contributed by atoms with van der Waals surface area (Å²) >= 11 is 9.07. The van der Waals surface area contributed by atoms with Crippen LogP contribution in [0.1, 0.15) is 22.4 Å². The van der Waals surface area contributed by atoms with Crippen LogP contribution in [0.15, 0.2) is 24.3 Å². The van der Waals surface area contributed by atoms with E-state index >= 15 is 0 Å². The van der Waals surface area contributed by atoms with Crippen molar-refractivity contribution < 1.29 is 4.79 Å². The third kappa shape index (κ3) is 4.88. The molecule has 1 amide bonds. The van der Waals surface area contributed by atoms with Crippen molar-refractivity contribution in [3.8, 4) is 0 Å². The highest BCUT2D eigenvalue weighted by molar-refractivity contribution is 7.22. The third-order valence-electron chi connectivity index (χ3n) is 4.55. The number of benzene rings is 1. The number of halogens is 1. The van der Waals surface area contributed by atoms with Crippen LogP contribution in [-0.2, 0) is 11.2 Å². The van der Waals surface area contributed by atoms with Crippen molar-refractivity contribution >= 4 is 55.5 Å². The molecule has 0 aliphatic carbocycles. The summed E-state index contributed by atoms with van der Waals surface area (Å²) < 4.78 is 1.83. The van der Waals surface area contributed by atoms with Gasteiger partial charge in [0.25, 0.3) is 0 Å². The molecule has 144 valence electrons. The minimum absolute atomic E-state index is 0.0701. The molecular weight excluding hydrogens is 398 g/mol. The van der Waals surface area contributed by atoms with Crippen LogP contribution in [0, 0.1) is 13.8 Å². The summed E-state index contributed by atoms with van der Waals surface area (Å²) in [5.41, 5.74) is 3.40. The lowest BCUT2D eigenvalue weighted by molar-refractivity contribution is -0.118. The maximum Gasteiger partial charge on any atom is 0.234 e. The number of hydrogen-bond acceptors (Lipinski definition) is 5. The fourth-order valence-corrected chi connectivity index (χ4v) is 5.04. The molecule has 0 aliphatic heterocycles. The number of aryl methyl sites for hydroxylation is 2. The summed E-state index contributed by atoms with van der Waals surface area (Å²) in [5, 5.41) is 0.783. The Balaban J connectivity index is 1.88. The minimum Gasteiger partial charge on any atom is -0.309 e. The monoisotopic (exact) mass is 421 g/mol. The van der Waals surface area contributed by atoms with E-state index in [4.69, 9.17) is 16.6 Å². The average molecular weight is 422 g/mol. The van der Waals surface area contributed by atoms with Crippen molar-refractivity contribution in [2.45, 2.75) is 26.7 Å². The van der Waals surface area contributed by atoms with Crippen molar-refractivity contribution in [3.63, 3.8) is 0 Å². The Bertz CT molecular complexity index is 948. The fourth-order valence-electron chi connectivity index (χ4n) is 2.89. The topological polar surface area (TPSA) is 36.4 Å². The Morgan fingerprint density at radius 2 is 1.89 bits per heavy atom. The van der Waals surface area contributed by atoms with E-state index in [-0.39, 0.29) is 5.91 Å². The molecule has 0 radical (unpaired) electrons. The van der Waals surface area contributed by atoms with E-state index in [0.717, 1.165) is 33.2 Å². The molecule has 27 heavy (non-hydrogen) atoms. The van der Waals surface area contributed by atoms with E-state index < -0.39 is 0 Å². The van der Waals surface area contributed by atoms with Gasteiger partial charge in [-0.05, 0) is 70.2 Å². The molecule has 7 heteroatoms. The summed E-state index contributed by atoms with van der Waals surface area (Å²) in [7, 11) is 4.09. The molecule has 1 aromatic carbocycles. The molecule has 0 atom stereocenters. The first-order valence-corrected chi connectivity index (χ1v) is 10.9.